The van der Waals surface area contributed by atoms with Crippen LogP contribution >= 0.6 is 23.4 Å². The molecule has 1 aromatic rings. The normalized spacial score (nSPS) is 19.7. The SMILES string of the molecule is FC(F)(F)CCNC1CCSc2ccc(Cl)cc21. The Kier molecular flexibility index (Phi) is 4.45. The lowest BCUT2D eigenvalue weighted by Gasteiger charge is -2.26. The lowest BCUT2D eigenvalue weighted by Crippen LogP contribution is -2.28. The van der Waals surface area contributed by atoms with Gasteiger partial charge in [-0.15, -0.1) is 11.8 Å². The van der Waals surface area contributed by atoms with E-state index >= 15 is 0 Å². The fourth-order valence-corrected chi connectivity index (χ4v) is 3.25. The zero-order valence-corrected chi connectivity index (χ0v) is 11.1. The number of benzene rings is 1. The molecule has 1 heterocycles. The second-order valence-corrected chi connectivity index (χ2v) is 5.76. The van der Waals surface area contributed by atoms with Gasteiger partial charge in [-0.1, -0.05) is 11.6 Å². The standard InChI is InChI=1S/C12H13ClF3NS/c13-8-1-2-11-9(7-8)10(3-6-18-11)17-5-4-12(14,15)16/h1-2,7,10,17H,3-6H2. The molecule has 100 valence electrons. The molecule has 0 radical (unpaired) electrons. The molecular formula is C12H13ClF3NS. The summed E-state index contributed by atoms with van der Waals surface area (Å²) >= 11 is 7.65. The number of fused-ring (bicyclic) bond motifs is 1. The van der Waals surface area contributed by atoms with Crippen molar-refractivity contribution in [1.82, 2.24) is 5.32 Å². The summed E-state index contributed by atoms with van der Waals surface area (Å²) in [6.45, 7) is -0.0508. The molecule has 0 aliphatic carbocycles. The molecule has 1 N–H and O–H groups in total. The van der Waals surface area contributed by atoms with Crippen molar-refractivity contribution in [2.75, 3.05) is 12.3 Å². The summed E-state index contributed by atoms with van der Waals surface area (Å²) in [4.78, 5) is 1.11. The van der Waals surface area contributed by atoms with Crippen molar-refractivity contribution in [3.05, 3.63) is 28.8 Å². The first kappa shape index (κ1) is 14.0. The molecule has 0 fully saturated rings. The van der Waals surface area contributed by atoms with Crippen LogP contribution in [0.4, 0.5) is 13.2 Å². The smallest absolute Gasteiger partial charge is 0.310 e. The van der Waals surface area contributed by atoms with Gasteiger partial charge in [0.1, 0.15) is 0 Å². The van der Waals surface area contributed by atoms with Crippen LogP contribution in [0.25, 0.3) is 0 Å². The Balaban J connectivity index is 2.01. The van der Waals surface area contributed by atoms with Crippen molar-refractivity contribution >= 4 is 23.4 Å². The van der Waals surface area contributed by atoms with Crippen LogP contribution in [0.1, 0.15) is 24.4 Å². The highest BCUT2D eigenvalue weighted by atomic mass is 35.5. The molecule has 1 aliphatic heterocycles. The molecule has 1 aromatic carbocycles. The average molecular weight is 296 g/mol. The van der Waals surface area contributed by atoms with Gasteiger partial charge in [0.15, 0.2) is 0 Å². The Morgan fingerprint density at radius 1 is 1.39 bits per heavy atom. The van der Waals surface area contributed by atoms with Gasteiger partial charge in [-0.05, 0) is 35.9 Å². The van der Waals surface area contributed by atoms with E-state index in [1.807, 2.05) is 18.2 Å². The maximum absolute atomic E-state index is 12.1. The summed E-state index contributed by atoms with van der Waals surface area (Å²) in [5, 5.41) is 3.59. The van der Waals surface area contributed by atoms with Crippen LogP contribution in [0.5, 0.6) is 0 Å². The molecule has 6 heteroatoms. The van der Waals surface area contributed by atoms with Crippen LogP contribution in [-0.2, 0) is 0 Å². The number of thioether (sulfide) groups is 1. The van der Waals surface area contributed by atoms with Gasteiger partial charge in [-0.3, -0.25) is 0 Å². The minimum atomic E-state index is -4.10. The third kappa shape index (κ3) is 3.80. The first-order valence-electron chi connectivity index (χ1n) is 5.68. The van der Waals surface area contributed by atoms with Gasteiger partial charge < -0.3 is 5.32 Å². The van der Waals surface area contributed by atoms with Crippen molar-refractivity contribution in [2.45, 2.75) is 30.0 Å². The Morgan fingerprint density at radius 3 is 2.89 bits per heavy atom. The number of hydrogen-bond donors (Lipinski definition) is 1. The van der Waals surface area contributed by atoms with E-state index in [0.717, 1.165) is 22.6 Å². The quantitative estimate of drug-likeness (QED) is 0.886. The third-order valence-corrected chi connectivity index (χ3v) is 4.17. The van der Waals surface area contributed by atoms with E-state index in [-0.39, 0.29) is 12.6 Å². The number of halogens is 4. The van der Waals surface area contributed by atoms with Crippen molar-refractivity contribution < 1.29 is 13.2 Å². The molecule has 0 saturated carbocycles. The van der Waals surface area contributed by atoms with Crippen LogP contribution in [0, 0.1) is 0 Å². The zero-order chi connectivity index (χ0) is 13.2. The van der Waals surface area contributed by atoms with Gasteiger partial charge in [0.05, 0.1) is 6.42 Å². The summed E-state index contributed by atoms with van der Waals surface area (Å²) in [5.74, 6) is 0.915. The Hall–Kier alpha value is -0.390. The van der Waals surface area contributed by atoms with E-state index in [4.69, 9.17) is 11.6 Å². The molecule has 0 bridgehead atoms. The van der Waals surface area contributed by atoms with Gasteiger partial charge in [0.25, 0.3) is 0 Å². The van der Waals surface area contributed by atoms with Crippen LogP contribution < -0.4 is 5.32 Å². The lowest BCUT2D eigenvalue weighted by atomic mass is 10.0. The summed E-state index contributed by atoms with van der Waals surface area (Å²) < 4.78 is 36.3. The molecule has 0 spiro atoms. The number of nitrogens with one attached hydrogen (secondary N) is 1. The highest BCUT2D eigenvalue weighted by molar-refractivity contribution is 7.99. The second-order valence-electron chi connectivity index (χ2n) is 4.19. The topological polar surface area (TPSA) is 12.0 Å². The van der Waals surface area contributed by atoms with Crippen molar-refractivity contribution in [3.63, 3.8) is 0 Å². The largest absolute Gasteiger partial charge is 0.390 e. The van der Waals surface area contributed by atoms with E-state index < -0.39 is 12.6 Å². The molecule has 0 amide bonds. The Labute approximate surface area is 113 Å². The monoisotopic (exact) mass is 295 g/mol. The maximum atomic E-state index is 12.1. The molecule has 1 unspecified atom stereocenters. The van der Waals surface area contributed by atoms with Crippen molar-refractivity contribution in [2.24, 2.45) is 0 Å². The molecule has 1 atom stereocenters. The molecule has 18 heavy (non-hydrogen) atoms. The van der Waals surface area contributed by atoms with E-state index in [1.165, 1.54) is 0 Å². The highest BCUT2D eigenvalue weighted by Crippen LogP contribution is 2.37. The van der Waals surface area contributed by atoms with Gasteiger partial charge in [0, 0.05) is 22.5 Å². The summed E-state index contributed by atoms with van der Waals surface area (Å²) in [6, 6.07) is 5.56. The maximum Gasteiger partial charge on any atom is 0.390 e. The van der Waals surface area contributed by atoms with Gasteiger partial charge in [-0.2, -0.15) is 13.2 Å². The minimum Gasteiger partial charge on any atom is -0.310 e. The van der Waals surface area contributed by atoms with E-state index in [2.05, 4.69) is 5.32 Å². The minimum absolute atomic E-state index is 0.0256. The summed E-state index contributed by atoms with van der Waals surface area (Å²) in [7, 11) is 0. The first-order chi connectivity index (χ1) is 8.46. The predicted molar refractivity (Wildman–Crippen MR) is 68.2 cm³/mol. The van der Waals surface area contributed by atoms with Crippen molar-refractivity contribution in [3.8, 4) is 0 Å². The van der Waals surface area contributed by atoms with Gasteiger partial charge in [-0.25, -0.2) is 0 Å². The van der Waals surface area contributed by atoms with Crippen LogP contribution in [0.15, 0.2) is 23.1 Å². The third-order valence-electron chi connectivity index (χ3n) is 2.81. The molecule has 1 aliphatic rings. The van der Waals surface area contributed by atoms with Crippen LogP contribution in [-0.4, -0.2) is 18.5 Å². The first-order valence-corrected chi connectivity index (χ1v) is 7.04. The predicted octanol–water partition coefficient (Wildman–Crippen LogP) is 4.42. The molecule has 1 nitrogen and oxygen atoms in total. The van der Waals surface area contributed by atoms with E-state index in [1.54, 1.807) is 11.8 Å². The van der Waals surface area contributed by atoms with E-state index in [9.17, 15) is 13.2 Å². The van der Waals surface area contributed by atoms with Gasteiger partial charge >= 0.3 is 6.18 Å². The van der Waals surface area contributed by atoms with Gasteiger partial charge in [0.2, 0.25) is 0 Å². The highest BCUT2D eigenvalue weighted by Gasteiger charge is 2.27. The number of alkyl halides is 3. The van der Waals surface area contributed by atoms with Crippen LogP contribution in [0.2, 0.25) is 5.02 Å². The number of rotatable bonds is 3. The van der Waals surface area contributed by atoms with Crippen LogP contribution in [0.3, 0.4) is 0 Å². The second kappa shape index (κ2) is 5.72. The molecular weight excluding hydrogens is 283 g/mol. The molecule has 0 aromatic heterocycles. The fourth-order valence-electron chi connectivity index (χ4n) is 1.97. The average Bonchev–Trinajstić information content (AvgIpc) is 2.28. The Morgan fingerprint density at radius 2 is 2.17 bits per heavy atom. The molecule has 0 saturated heterocycles. The summed E-state index contributed by atoms with van der Waals surface area (Å²) in [5.41, 5.74) is 1.01. The molecule has 2 rings (SSSR count). The van der Waals surface area contributed by atoms with Crippen molar-refractivity contribution in [1.29, 1.82) is 0 Å². The fraction of sp³-hybridized carbons (Fsp3) is 0.500. The summed E-state index contributed by atoms with van der Waals surface area (Å²) in [6.07, 6.45) is -4.07. The van der Waals surface area contributed by atoms with E-state index in [0.29, 0.717) is 5.02 Å². The Bertz CT molecular complexity index is 422. The zero-order valence-electron chi connectivity index (χ0n) is 9.56. The number of hydrogen-bond acceptors (Lipinski definition) is 2. The lowest BCUT2D eigenvalue weighted by molar-refractivity contribution is -0.133.